The molecule has 3 rings (SSSR count). The second kappa shape index (κ2) is 3.51. The summed E-state index contributed by atoms with van der Waals surface area (Å²) in [4.78, 5) is 13.2. The quantitative estimate of drug-likeness (QED) is 0.673. The molecule has 0 saturated heterocycles. The van der Waals surface area contributed by atoms with Crippen molar-refractivity contribution in [2.75, 3.05) is 0 Å². The summed E-state index contributed by atoms with van der Waals surface area (Å²) in [6, 6.07) is 0. The largest absolute Gasteiger partial charge is 0.324 e. The minimum Gasteiger partial charge on any atom is -0.324 e. The summed E-state index contributed by atoms with van der Waals surface area (Å²) in [5.41, 5.74) is 4.77. The highest BCUT2D eigenvalue weighted by Gasteiger charge is 2.68. The van der Waals surface area contributed by atoms with Gasteiger partial charge in [-0.15, -0.1) is 5.10 Å². The van der Waals surface area contributed by atoms with Crippen molar-refractivity contribution in [2.24, 2.45) is 18.2 Å². The summed E-state index contributed by atoms with van der Waals surface area (Å²) in [5, 5.41) is 9.88. The Morgan fingerprint density at radius 1 is 1.37 bits per heavy atom. The van der Waals surface area contributed by atoms with Gasteiger partial charge in [0.2, 0.25) is 5.91 Å². The summed E-state index contributed by atoms with van der Waals surface area (Å²) < 4.78 is 25.9. The predicted molar refractivity (Wildman–Crippen MR) is 61.9 cm³/mol. The van der Waals surface area contributed by atoms with Gasteiger partial charge in [-0.2, -0.15) is 13.2 Å². The molecule has 0 atom stereocenters. The zero-order chi connectivity index (χ0) is 13.9. The highest BCUT2D eigenvalue weighted by atomic mass is 32.2. The van der Waals surface area contributed by atoms with Crippen LogP contribution in [0.1, 0.15) is 25.7 Å². The van der Waals surface area contributed by atoms with E-state index in [9.17, 15) is 13.2 Å². The van der Waals surface area contributed by atoms with Gasteiger partial charge in [0.25, 0.3) is 0 Å². The zero-order valence-corrected chi connectivity index (χ0v) is 11.1. The SMILES string of the molecule is Cn1nnc(S(=O)(=O)NC(=O)C2(C3(N)CC3)CC2)n1. The molecule has 2 fully saturated rings. The molecule has 0 spiro atoms. The number of carbonyl (C=O) groups excluding carboxylic acids is 1. The van der Waals surface area contributed by atoms with Crippen LogP contribution in [0.5, 0.6) is 0 Å². The van der Waals surface area contributed by atoms with Gasteiger partial charge in [-0.3, -0.25) is 4.79 Å². The van der Waals surface area contributed by atoms with Gasteiger partial charge in [0.05, 0.1) is 12.5 Å². The van der Waals surface area contributed by atoms with Crippen molar-refractivity contribution in [3.63, 3.8) is 0 Å². The van der Waals surface area contributed by atoms with Gasteiger partial charge < -0.3 is 5.73 Å². The first kappa shape index (κ1) is 12.5. The van der Waals surface area contributed by atoms with Crippen molar-refractivity contribution in [1.29, 1.82) is 0 Å². The predicted octanol–water partition coefficient (Wildman–Crippen LogP) is -1.71. The third kappa shape index (κ3) is 1.82. The third-order valence-electron chi connectivity index (χ3n) is 3.88. The zero-order valence-electron chi connectivity index (χ0n) is 10.3. The topological polar surface area (TPSA) is 133 Å². The van der Waals surface area contributed by atoms with Crippen molar-refractivity contribution in [3.05, 3.63) is 0 Å². The van der Waals surface area contributed by atoms with Gasteiger partial charge >= 0.3 is 15.2 Å². The van der Waals surface area contributed by atoms with Crippen LogP contribution in [0.15, 0.2) is 5.16 Å². The van der Waals surface area contributed by atoms with Crippen molar-refractivity contribution < 1.29 is 13.2 Å². The molecule has 0 bridgehead atoms. The van der Waals surface area contributed by atoms with E-state index >= 15 is 0 Å². The number of nitrogens with zero attached hydrogens (tertiary/aromatic N) is 4. The van der Waals surface area contributed by atoms with E-state index in [1.165, 1.54) is 7.05 Å². The Bertz CT molecular complexity index is 643. The van der Waals surface area contributed by atoms with Crippen LogP contribution in [0.3, 0.4) is 0 Å². The third-order valence-corrected chi connectivity index (χ3v) is 4.98. The molecule has 2 saturated carbocycles. The van der Waals surface area contributed by atoms with Crippen LogP contribution in [0.25, 0.3) is 0 Å². The molecule has 10 heteroatoms. The number of tetrazole rings is 1. The van der Waals surface area contributed by atoms with Crippen LogP contribution in [0.2, 0.25) is 0 Å². The van der Waals surface area contributed by atoms with Crippen LogP contribution in [-0.4, -0.2) is 40.1 Å². The maximum Gasteiger partial charge on any atom is 0.308 e. The van der Waals surface area contributed by atoms with Crippen molar-refractivity contribution in [2.45, 2.75) is 36.4 Å². The van der Waals surface area contributed by atoms with Crippen molar-refractivity contribution in [1.82, 2.24) is 24.9 Å². The molecule has 0 aliphatic heterocycles. The lowest BCUT2D eigenvalue weighted by Gasteiger charge is -2.20. The number of hydrogen-bond acceptors (Lipinski definition) is 7. The van der Waals surface area contributed by atoms with Gasteiger partial charge in [0.15, 0.2) is 0 Å². The van der Waals surface area contributed by atoms with E-state index in [0.29, 0.717) is 12.8 Å². The number of rotatable bonds is 4. The molecule has 19 heavy (non-hydrogen) atoms. The van der Waals surface area contributed by atoms with Crippen LogP contribution in [0.4, 0.5) is 0 Å². The van der Waals surface area contributed by atoms with E-state index in [4.69, 9.17) is 5.73 Å². The first-order chi connectivity index (χ1) is 8.79. The summed E-state index contributed by atoms with van der Waals surface area (Å²) in [5.74, 6) is -0.556. The number of sulfonamides is 1. The first-order valence-corrected chi connectivity index (χ1v) is 7.38. The number of aromatic nitrogens is 4. The molecule has 9 nitrogen and oxygen atoms in total. The Kier molecular flexibility index (Phi) is 2.31. The number of amides is 1. The van der Waals surface area contributed by atoms with Crippen molar-refractivity contribution in [3.8, 4) is 0 Å². The van der Waals surface area contributed by atoms with Crippen LogP contribution >= 0.6 is 0 Å². The lowest BCUT2D eigenvalue weighted by molar-refractivity contribution is -0.125. The van der Waals surface area contributed by atoms with Crippen molar-refractivity contribution >= 4 is 15.9 Å². The lowest BCUT2D eigenvalue weighted by atomic mass is 9.94. The highest BCUT2D eigenvalue weighted by molar-refractivity contribution is 7.89. The molecule has 1 heterocycles. The number of carbonyl (C=O) groups is 1. The second-order valence-electron chi connectivity index (χ2n) is 5.23. The number of nitrogens with two attached hydrogens (primary N) is 1. The molecule has 0 aromatic carbocycles. The van der Waals surface area contributed by atoms with Gasteiger partial charge in [-0.1, -0.05) is 5.10 Å². The van der Waals surface area contributed by atoms with Gasteiger partial charge in [0.1, 0.15) is 0 Å². The smallest absolute Gasteiger partial charge is 0.308 e. The molecule has 1 aromatic rings. The Hall–Kier alpha value is -1.55. The Balaban J connectivity index is 1.80. The molecule has 1 amide bonds. The average molecular weight is 286 g/mol. The van der Waals surface area contributed by atoms with Crippen LogP contribution < -0.4 is 10.5 Å². The maximum absolute atomic E-state index is 12.2. The van der Waals surface area contributed by atoms with Gasteiger partial charge in [-0.25, -0.2) is 4.72 Å². The van der Waals surface area contributed by atoms with Crippen LogP contribution in [0, 0.1) is 5.41 Å². The molecule has 3 N–H and O–H groups in total. The molecule has 1 aromatic heterocycles. The fourth-order valence-corrected chi connectivity index (χ4v) is 3.23. The number of aryl methyl sites for hydroxylation is 1. The second-order valence-corrected chi connectivity index (χ2v) is 6.81. The van der Waals surface area contributed by atoms with E-state index in [2.05, 4.69) is 15.4 Å². The Labute approximate surface area is 109 Å². The summed E-state index contributed by atoms with van der Waals surface area (Å²) in [6.45, 7) is 0. The average Bonchev–Trinajstić information content (AvgIpc) is 3.20. The first-order valence-electron chi connectivity index (χ1n) is 5.89. The minimum atomic E-state index is -4.07. The van der Waals surface area contributed by atoms with Crippen LogP contribution in [-0.2, 0) is 21.9 Å². The van der Waals surface area contributed by atoms with E-state index in [-0.39, 0.29) is 0 Å². The van der Waals surface area contributed by atoms with Gasteiger partial charge in [0, 0.05) is 5.54 Å². The molecular weight excluding hydrogens is 272 g/mol. The normalized spacial score (nSPS) is 22.8. The standard InChI is InChI=1S/C9H14N6O3S/c1-15-12-7(11-14-15)19(17,18)13-6(16)8(2-3-8)9(10)4-5-9/h2-5,10H2,1H3,(H,13,16). The monoisotopic (exact) mass is 286 g/mol. The number of hydrogen-bond donors (Lipinski definition) is 2. The minimum absolute atomic E-state index is 0.513. The Morgan fingerprint density at radius 2 is 2.00 bits per heavy atom. The highest BCUT2D eigenvalue weighted by Crippen LogP contribution is 2.62. The van der Waals surface area contributed by atoms with E-state index in [0.717, 1.165) is 17.6 Å². The summed E-state index contributed by atoms with van der Waals surface area (Å²) >= 11 is 0. The molecule has 2 aliphatic carbocycles. The summed E-state index contributed by atoms with van der Waals surface area (Å²) in [6.07, 6.45) is 2.76. The molecule has 2 aliphatic rings. The molecule has 104 valence electrons. The molecule has 0 unspecified atom stereocenters. The lowest BCUT2D eigenvalue weighted by Crippen LogP contribution is -2.47. The van der Waals surface area contributed by atoms with Gasteiger partial charge in [-0.05, 0) is 30.9 Å². The molecular formula is C9H14N6O3S. The summed E-state index contributed by atoms with van der Waals surface area (Å²) in [7, 11) is -2.64. The fourth-order valence-electron chi connectivity index (χ4n) is 2.33. The molecule has 0 radical (unpaired) electrons. The number of nitrogens with one attached hydrogen (secondary N) is 1. The van der Waals surface area contributed by atoms with E-state index in [1.807, 2.05) is 4.72 Å². The maximum atomic E-state index is 12.2. The fraction of sp³-hybridized carbons (Fsp3) is 0.778. The van der Waals surface area contributed by atoms with E-state index in [1.54, 1.807) is 0 Å². The van der Waals surface area contributed by atoms with E-state index < -0.39 is 32.0 Å². The Morgan fingerprint density at radius 3 is 2.42 bits per heavy atom.